The van der Waals surface area contributed by atoms with E-state index in [1.807, 2.05) is 0 Å². The van der Waals surface area contributed by atoms with Crippen LogP contribution in [0.2, 0.25) is 0 Å². The van der Waals surface area contributed by atoms with Gasteiger partial charge >= 0.3 is 0 Å². The third-order valence-electron chi connectivity index (χ3n) is 4.29. The Morgan fingerprint density at radius 1 is 1.15 bits per heavy atom. The molecule has 4 nitrogen and oxygen atoms in total. The van der Waals surface area contributed by atoms with Crippen LogP contribution in [0.5, 0.6) is 0 Å². The van der Waals surface area contributed by atoms with E-state index in [0.717, 1.165) is 32.5 Å². The van der Waals surface area contributed by atoms with Gasteiger partial charge in [-0.15, -0.1) is 0 Å². The highest BCUT2D eigenvalue weighted by Crippen LogP contribution is 2.17. The van der Waals surface area contributed by atoms with Gasteiger partial charge < -0.3 is 10.2 Å². The monoisotopic (exact) mass is 294 g/mol. The van der Waals surface area contributed by atoms with E-state index in [0.29, 0.717) is 24.1 Å². The van der Waals surface area contributed by atoms with Gasteiger partial charge in [0.05, 0.1) is 11.5 Å². The number of benzene rings is 1. The summed E-state index contributed by atoms with van der Waals surface area (Å²) in [4.78, 5) is 2.30. The Hall–Kier alpha value is -0.910. The van der Waals surface area contributed by atoms with Crippen LogP contribution in [0.1, 0.15) is 17.5 Å². The second-order valence-corrected chi connectivity index (χ2v) is 8.16. The number of nitrogens with zero attached hydrogens (tertiary/aromatic N) is 1. The van der Waals surface area contributed by atoms with Crippen molar-refractivity contribution in [2.45, 2.75) is 25.4 Å². The highest BCUT2D eigenvalue weighted by molar-refractivity contribution is 7.91. The summed E-state index contributed by atoms with van der Waals surface area (Å²) in [5, 5.41) is 3.57. The minimum atomic E-state index is -2.80. The molecule has 1 aromatic carbocycles. The molecule has 20 heavy (non-hydrogen) atoms. The van der Waals surface area contributed by atoms with Crippen molar-refractivity contribution in [1.29, 1.82) is 0 Å². The quantitative estimate of drug-likeness (QED) is 0.877. The molecule has 2 heterocycles. The van der Waals surface area contributed by atoms with Crippen molar-refractivity contribution in [3.63, 3.8) is 0 Å². The van der Waals surface area contributed by atoms with Crippen molar-refractivity contribution in [2.75, 3.05) is 31.1 Å². The van der Waals surface area contributed by atoms with Crippen LogP contribution in [-0.2, 0) is 22.8 Å². The molecule has 1 N–H and O–H groups in total. The maximum atomic E-state index is 11.6. The number of rotatable bonds is 2. The van der Waals surface area contributed by atoms with Crippen molar-refractivity contribution in [2.24, 2.45) is 0 Å². The Morgan fingerprint density at radius 3 is 2.80 bits per heavy atom. The van der Waals surface area contributed by atoms with Crippen molar-refractivity contribution in [3.8, 4) is 0 Å². The fourth-order valence-electron chi connectivity index (χ4n) is 3.13. The number of fused-ring (bicyclic) bond motifs is 1. The van der Waals surface area contributed by atoms with Crippen LogP contribution in [0, 0.1) is 0 Å². The lowest BCUT2D eigenvalue weighted by molar-refractivity contribution is 0.251. The lowest BCUT2D eigenvalue weighted by atomic mass is 9.95. The molecule has 0 radical (unpaired) electrons. The summed E-state index contributed by atoms with van der Waals surface area (Å²) in [5.41, 5.74) is 2.82. The number of sulfone groups is 1. The Kier molecular flexibility index (Phi) is 4.10. The zero-order valence-electron chi connectivity index (χ0n) is 11.7. The van der Waals surface area contributed by atoms with Gasteiger partial charge in [0.25, 0.3) is 0 Å². The van der Waals surface area contributed by atoms with E-state index in [1.54, 1.807) is 0 Å². The Bertz CT molecular complexity index is 571. The second kappa shape index (κ2) is 5.84. The van der Waals surface area contributed by atoms with E-state index in [2.05, 4.69) is 34.5 Å². The molecule has 0 spiro atoms. The second-order valence-electron chi connectivity index (χ2n) is 5.86. The molecule has 0 saturated carbocycles. The van der Waals surface area contributed by atoms with Crippen LogP contribution in [0.4, 0.5) is 0 Å². The van der Waals surface area contributed by atoms with E-state index >= 15 is 0 Å². The molecule has 0 amide bonds. The maximum Gasteiger partial charge on any atom is 0.151 e. The van der Waals surface area contributed by atoms with Gasteiger partial charge in [0, 0.05) is 25.7 Å². The third-order valence-corrected chi connectivity index (χ3v) is 6.01. The molecule has 1 saturated heterocycles. The Balaban J connectivity index is 1.59. The summed E-state index contributed by atoms with van der Waals surface area (Å²) in [6, 6.07) is 9.00. The van der Waals surface area contributed by atoms with Crippen LogP contribution in [0.3, 0.4) is 0 Å². The van der Waals surface area contributed by atoms with Gasteiger partial charge in [-0.05, 0) is 30.5 Å². The SMILES string of the molecule is O=S1(=O)CCCN(CC2Cc3ccccc3CN2)CC1. The fraction of sp³-hybridized carbons (Fsp3) is 0.600. The summed E-state index contributed by atoms with van der Waals surface area (Å²) in [7, 11) is -2.80. The van der Waals surface area contributed by atoms with Crippen molar-refractivity contribution in [3.05, 3.63) is 35.4 Å². The number of nitrogens with one attached hydrogen (secondary N) is 1. The summed E-state index contributed by atoms with van der Waals surface area (Å²) in [6.45, 7) is 3.46. The molecular formula is C15H22N2O2S. The molecule has 1 unspecified atom stereocenters. The first-order valence-corrected chi connectivity index (χ1v) is 9.17. The van der Waals surface area contributed by atoms with Crippen LogP contribution < -0.4 is 5.32 Å². The zero-order chi connectivity index (χ0) is 14.0. The van der Waals surface area contributed by atoms with E-state index in [1.165, 1.54) is 11.1 Å². The molecule has 0 aliphatic carbocycles. The standard InChI is InChI=1S/C15H22N2O2S/c18-20(19)8-3-6-17(7-9-20)12-15-10-13-4-1-2-5-14(13)11-16-15/h1-2,4-5,15-16H,3,6-12H2. The largest absolute Gasteiger partial charge is 0.308 e. The summed E-state index contributed by atoms with van der Waals surface area (Å²) < 4.78 is 23.3. The van der Waals surface area contributed by atoms with Crippen molar-refractivity contribution >= 4 is 9.84 Å². The first kappa shape index (κ1) is 14.0. The minimum Gasteiger partial charge on any atom is -0.308 e. The van der Waals surface area contributed by atoms with E-state index < -0.39 is 9.84 Å². The van der Waals surface area contributed by atoms with E-state index in [9.17, 15) is 8.42 Å². The molecule has 1 atom stereocenters. The first-order chi connectivity index (χ1) is 9.62. The van der Waals surface area contributed by atoms with Gasteiger partial charge in [0.2, 0.25) is 0 Å². The van der Waals surface area contributed by atoms with Gasteiger partial charge in [-0.3, -0.25) is 0 Å². The highest BCUT2D eigenvalue weighted by Gasteiger charge is 2.23. The third kappa shape index (κ3) is 3.40. The average molecular weight is 294 g/mol. The smallest absolute Gasteiger partial charge is 0.151 e. The van der Waals surface area contributed by atoms with Crippen LogP contribution in [0.15, 0.2) is 24.3 Å². The van der Waals surface area contributed by atoms with Crippen molar-refractivity contribution in [1.82, 2.24) is 10.2 Å². The van der Waals surface area contributed by atoms with Gasteiger partial charge in [-0.2, -0.15) is 0 Å². The zero-order valence-corrected chi connectivity index (χ0v) is 12.5. The molecule has 0 bridgehead atoms. The fourth-order valence-corrected chi connectivity index (χ4v) is 4.44. The molecule has 1 fully saturated rings. The maximum absolute atomic E-state index is 11.6. The molecule has 3 rings (SSSR count). The van der Waals surface area contributed by atoms with Gasteiger partial charge in [-0.1, -0.05) is 24.3 Å². The summed E-state index contributed by atoms with van der Waals surface area (Å²) >= 11 is 0. The molecule has 0 aromatic heterocycles. The first-order valence-electron chi connectivity index (χ1n) is 7.35. The molecule has 2 aliphatic rings. The van der Waals surface area contributed by atoms with Crippen LogP contribution in [0.25, 0.3) is 0 Å². The highest BCUT2D eigenvalue weighted by atomic mass is 32.2. The minimum absolute atomic E-state index is 0.316. The summed E-state index contributed by atoms with van der Waals surface area (Å²) in [5.74, 6) is 0.667. The Morgan fingerprint density at radius 2 is 1.95 bits per heavy atom. The molecule has 1 aromatic rings. The Labute approximate surface area is 121 Å². The lowest BCUT2D eigenvalue weighted by Crippen LogP contribution is -2.45. The number of hydrogen-bond acceptors (Lipinski definition) is 4. The normalized spacial score (nSPS) is 26.7. The summed E-state index contributed by atoms with van der Waals surface area (Å²) in [6.07, 6.45) is 1.81. The molecule has 110 valence electrons. The van der Waals surface area contributed by atoms with E-state index in [4.69, 9.17) is 0 Å². The molecule has 2 aliphatic heterocycles. The van der Waals surface area contributed by atoms with E-state index in [-0.39, 0.29) is 0 Å². The average Bonchev–Trinajstić information content (AvgIpc) is 2.60. The van der Waals surface area contributed by atoms with Gasteiger partial charge in [-0.25, -0.2) is 8.42 Å². The number of hydrogen-bond donors (Lipinski definition) is 1. The topological polar surface area (TPSA) is 49.4 Å². The van der Waals surface area contributed by atoms with Gasteiger partial charge in [0.1, 0.15) is 0 Å². The molecule has 5 heteroatoms. The lowest BCUT2D eigenvalue weighted by Gasteiger charge is -2.30. The molecular weight excluding hydrogens is 272 g/mol. The van der Waals surface area contributed by atoms with Crippen LogP contribution >= 0.6 is 0 Å². The predicted octanol–water partition coefficient (Wildman–Crippen LogP) is 0.821. The van der Waals surface area contributed by atoms with Crippen LogP contribution in [-0.4, -0.2) is 50.5 Å². The predicted molar refractivity (Wildman–Crippen MR) is 80.5 cm³/mol. The van der Waals surface area contributed by atoms with Gasteiger partial charge in [0.15, 0.2) is 9.84 Å². The van der Waals surface area contributed by atoms with Crippen molar-refractivity contribution < 1.29 is 8.42 Å².